The molecule has 0 spiro atoms. The van der Waals surface area contributed by atoms with Crippen molar-refractivity contribution in [2.45, 2.75) is 95.2 Å². The van der Waals surface area contributed by atoms with Crippen molar-refractivity contribution in [3.8, 4) is 0 Å². The molecule has 2 heterocycles. The van der Waals surface area contributed by atoms with Crippen LogP contribution in [0.15, 0.2) is 0 Å². The van der Waals surface area contributed by atoms with Crippen molar-refractivity contribution >= 4 is 11.8 Å². The van der Waals surface area contributed by atoms with Crippen molar-refractivity contribution in [3.63, 3.8) is 0 Å². The van der Waals surface area contributed by atoms with Crippen molar-refractivity contribution in [1.82, 2.24) is 15.1 Å². The highest BCUT2D eigenvalue weighted by atomic mass is 16.2. The summed E-state index contributed by atoms with van der Waals surface area (Å²) in [4.78, 5) is 31.5. The van der Waals surface area contributed by atoms with E-state index in [1.807, 2.05) is 4.90 Å². The molecule has 7 aliphatic rings. The average molecular weight is 400 g/mol. The molecule has 160 valence electrons. The third-order valence-corrected chi connectivity index (χ3v) is 9.25. The maximum atomic E-state index is 13.8. The van der Waals surface area contributed by atoms with Gasteiger partial charge in [0.15, 0.2) is 0 Å². The summed E-state index contributed by atoms with van der Waals surface area (Å²) in [6, 6.07) is 0.918. The number of carbonyl (C=O) groups is 2. The lowest BCUT2D eigenvalue weighted by Crippen LogP contribution is -2.58. The fraction of sp³-hybridized carbons (Fsp3) is 0.917. The van der Waals surface area contributed by atoms with Gasteiger partial charge in [-0.3, -0.25) is 9.59 Å². The highest BCUT2D eigenvalue weighted by Crippen LogP contribution is 2.60. The predicted octanol–water partition coefficient (Wildman–Crippen LogP) is 2.94. The SMILES string of the molecule is O=C(NC1CCN(C2CC2)CC1)C1CCCN1C(=O)C12CC3CC(CC(C3)C1)C2. The second-order valence-corrected chi connectivity index (χ2v) is 11.4. The van der Waals surface area contributed by atoms with Crippen LogP contribution in [0.25, 0.3) is 0 Å². The van der Waals surface area contributed by atoms with Crippen molar-refractivity contribution in [1.29, 1.82) is 0 Å². The average Bonchev–Trinajstić information content (AvgIpc) is 3.43. The smallest absolute Gasteiger partial charge is 0.243 e. The summed E-state index contributed by atoms with van der Waals surface area (Å²) >= 11 is 0. The summed E-state index contributed by atoms with van der Waals surface area (Å²) in [5, 5.41) is 3.34. The van der Waals surface area contributed by atoms with E-state index in [1.165, 1.54) is 32.1 Å². The maximum absolute atomic E-state index is 13.8. The van der Waals surface area contributed by atoms with Crippen LogP contribution in [0.4, 0.5) is 0 Å². The second kappa shape index (κ2) is 6.96. The van der Waals surface area contributed by atoms with E-state index in [4.69, 9.17) is 0 Å². The lowest BCUT2D eigenvalue weighted by molar-refractivity contribution is -0.160. The molecule has 5 saturated carbocycles. The zero-order chi connectivity index (χ0) is 19.6. The molecule has 2 saturated heterocycles. The van der Waals surface area contributed by atoms with Crippen LogP contribution in [0.2, 0.25) is 0 Å². The Labute approximate surface area is 174 Å². The Balaban J connectivity index is 1.10. The molecule has 2 aliphatic heterocycles. The Hall–Kier alpha value is -1.10. The highest BCUT2D eigenvalue weighted by Gasteiger charge is 2.56. The van der Waals surface area contributed by atoms with Gasteiger partial charge in [-0.25, -0.2) is 0 Å². The van der Waals surface area contributed by atoms with E-state index in [0.29, 0.717) is 11.9 Å². The van der Waals surface area contributed by atoms with Gasteiger partial charge >= 0.3 is 0 Å². The minimum Gasteiger partial charge on any atom is -0.351 e. The number of carbonyl (C=O) groups excluding carboxylic acids is 2. The van der Waals surface area contributed by atoms with Gasteiger partial charge in [0.2, 0.25) is 11.8 Å². The van der Waals surface area contributed by atoms with E-state index in [9.17, 15) is 9.59 Å². The third-order valence-electron chi connectivity index (χ3n) is 9.25. The van der Waals surface area contributed by atoms with Crippen LogP contribution >= 0.6 is 0 Å². The maximum Gasteiger partial charge on any atom is 0.243 e. The first-order valence-electron chi connectivity index (χ1n) is 12.5. The minimum absolute atomic E-state index is 0.118. The summed E-state index contributed by atoms with van der Waals surface area (Å²) in [6.07, 6.45) is 14.1. The van der Waals surface area contributed by atoms with Gasteiger partial charge in [0.05, 0.1) is 5.41 Å². The first-order valence-corrected chi connectivity index (χ1v) is 12.5. The summed E-state index contributed by atoms with van der Waals surface area (Å²) < 4.78 is 0. The van der Waals surface area contributed by atoms with Crippen LogP contribution in [0.3, 0.4) is 0 Å². The summed E-state index contributed by atoms with van der Waals surface area (Å²) in [5.41, 5.74) is -0.118. The van der Waals surface area contributed by atoms with Crippen molar-refractivity contribution < 1.29 is 9.59 Å². The molecule has 0 aromatic rings. The first kappa shape index (κ1) is 18.7. The Morgan fingerprint density at radius 3 is 2.00 bits per heavy atom. The number of piperidine rings is 1. The van der Waals surface area contributed by atoms with Crippen molar-refractivity contribution in [2.24, 2.45) is 23.2 Å². The fourth-order valence-electron chi connectivity index (χ4n) is 8.11. The zero-order valence-electron chi connectivity index (χ0n) is 17.8. The van der Waals surface area contributed by atoms with Crippen LogP contribution in [-0.4, -0.2) is 59.4 Å². The van der Waals surface area contributed by atoms with Crippen LogP contribution in [-0.2, 0) is 9.59 Å². The number of amides is 2. The molecule has 5 heteroatoms. The predicted molar refractivity (Wildman–Crippen MR) is 111 cm³/mol. The van der Waals surface area contributed by atoms with Gasteiger partial charge in [-0.1, -0.05) is 0 Å². The Bertz CT molecular complexity index is 644. The van der Waals surface area contributed by atoms with Crippen LogP contribution in [0.1, 0.15) is 77.0 Å². The number of rotatable bonds is 4. The lowest BCUT2D eigenvalue weighted by Gasteiger charge is -2.56. The van der Waals surface area contributed by atoms with Crippen LogP contribution < -0.4 is 5.32 Å². The van der Waals surface area contributed by atoms with E-state index < -0.39 is 0 Å². The van der Waals surface area contributed by atoms with Gasteiger partial charge in [-0.05, 0) is 94.8 Å². The molecule has 5 aliphatic carbocycles. The van der Waals surface area contributed by atoms with Gasteiger partial charge in [-0.2, -0.15) is 0 Å². The van der Waals surface area contributed by atoms with E-state index in [2.05, 4.69) is 10.2 Å². The Kier molecular flexibility index (Phi) is 4.48. The van der Waals surface area contributed by atoms with Gasteiger partial charge in [0.25, 0.3) is 0 Å². The third kappa shape index (κ3) is 3.32. The number of nitrogens with zero attached hydrogens (tertiary/aromatic N) is 2. The molecule has 7 rings (SSSR count). The number of likely N-dealkylation sites (tertiary alicyclic amines) is 2. The molecule has 1 atom stereocenters. The molecule has 0 radical (unpaired) electrons. The molecule has 1 N–H and O–H groups in total. The summed E-state index contributed by atoms with van der Waals surface area (Å²) in [7, 11) is 0. The molecule has 2 amide bonds. The van der Waals surface area contributed by atoms with Gasteiger partial charge < -0.3 is 15.1 Å². The van der Waals surface area contributed by atoms with Crippen LogP contribution in [0, 0.1) is 23.2 Å². The summed E-state index contributed by atoms with van der Waals surface area (Å²) in [5.74, 6) is 2.80. The normalized spacial score (nSPS) is 42.4. The highest BCUT2D eigenvalue weighted by molar-refractivity contribution is 5.91. The molecule has 5 nitrogen and oxygen atoms in total. The molecular weight excluding hydrogens is 362 g/mol. The van der Waals surface area contributed by atoms with E-state index >= 15 is 0 Å². The molecule has 4 bridgehead atoms. The quantitative estimate of drug-likeness (QED) is 0.791. The van der Waals surface area contributed by atoms with Gasteiger partial charge in [-0.15, -0.1) is 0 Å². The number of nitrogens with one attached hydrogen (secondary N) is 1. The van der Waals surface area contributed by atoms with Gasteiger partial charge in [0, 0.05) is 31.7 Å². The molecule has 7 fully saturated rings. The minimum atomic E-state index is -0.211. The molecule has 1 unspecified atom stereocenters. The zero-order valence-corrected chi connectivity index (χ0v) is 17.8. The molecule has 0 aromatic carbocycles. The molecule has 29 heavy (non-hydrogen) atoms. The topological polar surface area (TPSA) is 52.7 Å². The fourth-order valence-corrected chi connectivity index (χ4v) is 8.11. The van der Waals surface area contributed by atoms with E-state index in [-0.39, 0.29) is 17.4 Å². The van der Waals surface area contributed by atoms with Gasteiger partial charge in [0.1, 0.15) is 6.04 Å². The van der Waals surface area contributed by atoms with E-state index in [1.54, 1.807) is 0 Å². The van der Waals surface area contributed by atoms with Crippen molar-refractivity contribution in [3.05, 3.63) is 0 Å². The summed E-state index contributed by atoms with van der Waals surface area (Å²) in [6.45, 7) is 3.03. The Morgan fingerprint density at radius 2 is 1.41 bits per heavy atom. The monoisotopic (exact) mass is 399 g/mol. The molecular formula is C24H37N3O2. The number of hydrogen-bond donors (Lipinski definition) is 1. The van der Waals surface area contributed by atoms with E-state index in [0.717, 1.165) is 88.4 Å². The Morgan fingerprint density at radius 1 is 0.793 bits per heavy atom. The van der Waals surface area contributed by atoms with Crippen molar-refractivity contribution in [2.75, 3.05) is 19.6 Å². The number of hydrogen-bond acceptors (Lipinski definition) is 3. The molecule has 0 aromatic heterocycles. The lowest BCUT2D eigenvalue weighted by atomic mass is 9.49. The second-order valence-electron chi connectivity index (χ2n) is 11.4. The first-order chi connectivity index (χ1) is 14.1. The van der Waals surface area contributed by atoms with Crippen LogP contribution in [0.5, 0.6) is 0 Å². The standard InChI is InChI=1S/C24H37N3O2/c28-22(25-19-5-8-26(9-6-19)20-3-4-20)21-2-1-7-27(21)23(29)24-13-16-10-17(14-24)12-18(11-16)15-24/h16-21H,1-15H2,(H,25,28). The largest absolute Gasteiger partial charge is 0.351 e.